The topological polar surface area (TPSA) is 351 Å². The Morgan fingerprint density at radius 2 is 1.34 bits per heavy atom. The molecule has 1 aliphatic rings. The number of methoxy groups -OCH3 is 2. The van der Waals surface area contributed by atoms with E-state index in [0.717, 1.165) is 26.5 Å². The molecule has 2 rings (SSSR count). The number of carbonyl (C=O) groups is 11. The van der Waals surface area contributed by atoms with E-state index in [1.807, 2.05) is 43.3 Å². The fraction of sp³-hybridized carbons (Fsp3) is 0.511. The number of benzene rings is 1. The maximum Gasteiger partial charge on any atom is 0.327 e. The molecule has 1 saturated heterocycles. The smallest absolute Gasteiger partial charge is 0.327 e. The van der Waals surface area contributed by atoms with Gasteiger partial charge in [-0.15, -0.1) is 0 Å². The number of rotatable bonds is 15. The molecule has 23 nitrogen and oxygen atoms in total. The van der Waals surface area contributed by atoms with Gasteiger partial charge >= 0.3 is 23.9 Å². The Bertz CT molecular complexity index is 2160. The fourth-order valence-electron chi connectivity index (χ4n) is 6.98. The van der Waals surface area contributed by atoms with Gasteiger partial charge in [-0.25, -0.2) is 9.59 Å². The van der Waals surface area contributed by atoms with Crippen LogP contribution in [-0.4, -0.2) is 137 Å². The number of carboxylic acid groups (broad SMARTS) is 3. The summed E-state index contributed by atoms with van der Waals surface area (Å²) in [5.74, 6) is -16.0. The van der Waals surface area contributed by atoms with Crippen molar-refractivity contribution in [1.29, 1.82) is 0 Å². The third-order valence-electron chi connectivity index (χ3n) is 11.4. The van der Waals surface area contributed by atoms with Crippen molar-refractivity contribution in [2.75, 3.05) is 14.2 Å². The molecule has 1 aliphatic heterocycles. The van der Waals surface area contributed by atoms with E-state index >= 15 is 0 Å². The van der Waals surface area contributed by atoms with Gasteiger partial charge in [0.25, 0.3) is 5.91 Å². The molecule has 1 aromatic rings. The van der Waals surface area contributed by atoms with Crippen LogP contribution in [-0.2, 0) is 68.6 Å². The van der Waals surface area contributed by atoms with Crippen LogP contribution in [0, 0.1) is 17.8 Å². The highest BCUT2D eigenvalue weighted by atomic mass is 16.5. The normalized spacial score (nSPS) is 25.2. The van der Waals surface area contributed by atoms with Crippen molar-refractivity contribution in [2.24, 2.45) is 17.8 Å². The predicted molar refractivity (Wildman–Crippen MR) is 248 cm³/mol. The standard InChI is InChI=1S/C47H65N7O16/c1-24(22-25(2)35(69-7)23-30-12-10-9-11-13-30)14-15-31-26(3)40(59)53-34(46(65)66)16-19-36(55)48-28(5)42(61)49-29(6)43(62)52-32(17-20-37(56)57)45(64)54-39(47(67)68)27(4)41(60)51-33(44(63)50-31)18-21-38(58)70-8/h9-15,22,25-27,29,31-35,39H,5,16-21,23H2,1-4,6-8H3,(H,48,55)(H,49,61)(H,50,63)(H,51,60)(H,52,62)(H,53,59)(H,54,64)(H,56,57)(H,65,66)(H,67,68)/b15-14+,24-22+/t25-,26-,27?,29+,31?,32-,33-,34+,35-,39+/m0/s1. The molecule has 0 aliphatic carbocycles. The van der Waals surface area contributed by atoms with Crippen LogP contribution in [0.2, 0.25) is 0 Å². The molecule has 1 aromatic carbocycles. The molecule has 1 fully saturated rings. The van der Waals surface area contributed by atoms with Gasteiger partial charge in [-0.05, 0) is 45.1 Å². The Balaban J connectivity index is 2.70. The van der Waals surface area contributed by atoms with E-state index in [2.05, 4.69) is 43.8 Å². The molecule has 10 N–H and O–H groups in total. The first-order chi connectivity index (χ1) is 32.9. The van der Waals surface area contributed by atoms with Crippen LogP contribution in [0.25, 0.3) is 0 Å². The second-order valence-electron chi connectivity index (χ2n) is 16.9. The zero-order valence-electron chi connectivity index (χ0n) is 40.2. The molecule has 0 spiro atoms. The van der Waals surface area contributed by atoms with Crippen molar-refractivity contribution < 1.29 is 77.5 Å². The molecular formula is C47H65N7O16. The molecule has 0 aromatic heterocycles. The van der Waals surface area contributed by atoms with Crippen molar-refractivity contribution in [1.82, 2.24) is 37.2 Å². The van der Waals surface area contributed by atoms with E-state index in [4.69, 9.17) is 9.47 Å². The highest BCUT2D eigenvalue weighted by Crippen LogP contribution is 2.18. The molecule has 0 bridgehead atoms. The quantitative estimate of drug-likeness (QED) is 0.0628. The highest BCUT2D eigenvalue weighted by Gasteiger charge is 2.37. The third kappa shape index (κ3) is 19.7. The Morgan fingerprint density at radius 1 is 0.757 bits per heavy atom. The number of esters is 1. The number of carboxylic acids is 3. The summed E-state index contributed by atoms with van der Waals surface area (Å²) in [4.78, 5) is 143. The zero-order valence-corrected chi connectivity index (χ0v) is 40.2. The van der Waals surface area contributed by atoms with Crippen molar-refractivity contribution >= 4 is 65.2 Å². The second-order valence-corrected chi connectivity index (χ2v) is 16.9. The Hall–Kier alpha value is -7.43. The second kappa shape index (κ2) is 28.8. The first kappa shape index (κ1) is 58.7. The van der Waals surface area contributed by atoms with E-state index in [1.54, 1.807) is 20.1 Å². The van der Waals surface area contributed by atoms with Crippen LogP contribution in [0.1, 0.15) is 78.7 Å². The highest BCUT2D eigenvalue weighted by molar-refractivity contribution is 6.00. The van der Waals surface area contributed by atoms with Gasteiger partial charge in [-0.3, -0.25) is 43.2 Å². The summed E-state index contributed by atoms with van der Waals surface area (Å²) in [6.07, 6.45) is 2.03. The Kier molecular flexibility index (Phi) is 24.1. The summed E-state index contributed by atoms with van der Waals surface area (Å²) in [5.41, 5.74) is 1.11. The van der Waals surface area contributed by atoms with Crippen LogP contribution in [0.15, 0.2) is 66.4 Å². The van der Waals surface area contributed by atoms with Crippen molar-refractivity contribution in [3.63, 3.8) is 0 Å². The van der Waals surface area contributed by atoms with Gasteiger partial charge < -0.3 is 62.0 Å². The van der Waals surface area contributed by atoms with Gasteiger partial charge in [-0.1, -0.05) is 81.5 Å². The van der Waals surface area contributed by atoms with Gasteiger partial charge in [0.1, 0.15) is 30.2 Å². The van der Waals surface area contributed by atoms with E-state index in [-0.39, 0.29) is 12.0 Å². The lowest BCUT2D eigenvalue weighted by Crippen LogP contribution is -2.59. The monoisotopic (exact) mass is 983 g/mol. The van der Waals surface area contributed by atoms with Gasteiger partial charge in [0.15, 0.2) is 0 Å². The average molecular weight is 984 g/mol. The maximum atomic E-state index is 14.2. The van der Waals surface area contributed by atoms with Crippen molar-refractivity contribution in [3.05, 3.63) is 72.0 Å². The minimum Gasteiger partial charge on any atom is -0.481 e. The molecule has 0 saturated carbocycles. The maximum absolute atomic E-state index is 14.2. The number of nitrogens with one attached hydrogen (secondary N) is 7. The van der Waals surface area contributed by atoms with Crippen LogP contribution >= 0.6 is 0 Å². The van der Waals surface area contributed by atoms with Crippen LogP contribution in [0.3, 0.4) is 0 Å². The van der Waals surface area contributed by atoms with Crippen LogP contribution < -0.4 is 37.2 Å². The lowest BCUT2D eigenvalue weighted by atomic mass is 9.94. The van der Waals surface area contributed by atoms with Gasteiger partial charge in [0.05, 0.1) is 36.8 Å². The van der Waals surface area contributed by atoms with Gasteiger partial charge in [0.2, 0.25) is 35.4 Å². The molecule has 0 radical (unpaired) electrons. The summed E-state index contributed by atoms with van der Waals surface area (Å²) in [7, 11) is 2.66. The van der Waals surface area contributed by atoms with Crippen LogP contribution in [0.4, 0.5) is 0 Å². The first-order valence-corrected chi connectivity index (χ1v) is 22.4. The third-order valence-corrected chi connectivity index (χ3v) is 11.4. The van der Waals surface area contributed by atoms with E-state index < -0.39 is 158 Å². The number of carbonyl (C=O) groups excluding carboxylic acids is 8. The Morgan fingerprint density at radius 3 is 1.91 bits per heavy atom. The van der Waals surface area contributed by atoms with E-state index in [1.165, 1.54) is 13.0 Å². The number of hydrogen-bond donors (Lipinski definition) is 10. The minimum absolute atomic E-state index is 0.159. The number of allylic oxidation sites excluding steroid dienone is 2. The number of ether oxygens (including phenoxy) is 2. The summed E-state index contributed by atoms with van der Waals surface area (Å²) in [5, 5.41) is 45.7. The molecule has 7 amide bonds. The zero-order chi connectivity index (χ0) is 52.8. The lowest BCUT2D eigenvalue weighted by Gasteiger charge is -2.28. The minimum atomic E-state index is -2.07. The number of aliphatic carboxylic acids is 3. The largest absolute Gasteiger partial charge is 0.481 e. The predicted octanol–water partition coefficient (Wildman–Crippen LogP) is -0.00550. The molecular weight excluding hydrogens is 919 g/mol. The average Bonchev–Trinajstić information content (AvgIpc) is 3.31. The van der Waals surface area contributed by atoms with Crippen LogP contribution in [0.5, 0.6) is 0 Å². The van der Waals surface area contributed by atoms with Gasteiger partial charge in [-0.2, -0.15) is 0 Å². The molecule has 70 heavy (non-hydrogen) atoms. The molecule has 23 heteroatoms. The van der Waals surface area contributed by atoms with E-state index in [9.17, 15) is 68.1 Å². The lowest BCUT2D eigenvalue weighted by molar-refractivity contribution is -0.147. The summed E-state index contributed by atoms with van der Waals surface area (Å²) >= 11 is 0. The summed E-state index contributed by atoms with van der Waals surface area (Å²) in [6, 6.07) is -0.226. The Labute approximate surface area is 405 Å². The molecule has 10 atom stereocenters. The number of hydrogen-bond acceptors (Lipinski definition) is 13. The summed E-state index contributed by atoms with van der Waals surface area (Å²) in [6.45, 7) is 10.8. The molecule has 2 unspecified atom stereocenters. The van der Waals surface area contributed by atoms with Gasteiger partial charge in [0, 0.05) is 32.3 Å². The first-order valence-electron chi connectivity index (χ1n) is 22.4. The van der Waals surface area contributed by atoms with Crippen molar-refractivity contribution in [3.8, 4) is 0 Å². The molecule has 1 heterocycles. The van der Waals surface area contributed by atoms with Crippen molar-refractivity contribution in [2.45, 2.75) is 122 Å². The fourth-order valence-corrected chi connectivity index (χ4v) is 6.98. The van der Waals surface area contributed by atoms with E-state index in [0.29, 0.717) is 12.0 Å². The SMILES string of the molecule is C=C1NC(=O)CC[C@H](C(=O)O)NC(=O)[C@@H](C)C(/C=C/C(C)=C/[C@H](C)[C@H](Cc2ccccc2)OC)NC(=O)[C@H](CCC(=O)OC)NC(=O)C(C)[C@H](C(=O)O)NC(=O)[C@H](CCC(=O)O)NC(=O)[C@@H](C)NC1=O. The number of amides is 7. The summed E-state index contributed by atoms with van der Waals surface area (Å²) < 4.78 is 10.5. The molecule has 384 valence electrons.